The van der Waals surface area contributed by atoms with E-state index in [9.17, 15) is 0 Å². The summed E-state index contributed by atoms with van der Waals surface area (Å²) in [6, 6.07) is 16.3. The van der Waals surface area contributed by atoms with Gasteiger partial charge in [-0.1, -0.05) is 35.0 Å². The van der Waals surface area contributed by atoms with Crippen LogP contribution in [0.1, 0.15) is 16.8 Å². The normalized spacial score (nSPS) is 10.7. The van der Waals surface area contributed by atoms with Crippen LogP contribution in [0.5, 0.6) is 5.75 Å². The molecule has 3 rings (SSSR count). The van der Waals surface area contributed by atoms with Gasteiger partial charge in [0.15, 0.2) is 0 Å². The molecule has 0 atom stereocenters. The van der Waals surface area contributed by atoms with Crippen molar-refractivity contribution in [3.05, 3.63) is 65.4 Å². The summed E-state index contributed by atoms with van der Waals surface area (Å²) < 4.78 is 7.11. The molecule has 5 nitrogen and oxygen atoms in total. The highest BCUT2D eigenvalue weighted by Gasteiger charge is 2.14. The Balaban J connectivity index is 1.97. The van der Waals surface area contributed by atoms with Crippen LogP contribution in [0.2, 0.25) is 0 Å². The van der Waals surface area contributed by atoms with Crippen molar-refractivity contribution in [1.82, 2.24) is 15.0 Å². The number of ether oxygens (including phenoxy) is 1. The number of aromatic nitrogens is 3. The molecule has 23 heavy (non-hydrogen) atoms. The van der Waals surface area contributed by atoms with Gasteiger partial charge in [0.25, 0.3) is 0 Å². The van der Waals surface area contributed by atoms with E-state index in [4.69, 9.17) is 10.5 Å². The number of benzene rings is 2. The monoisotopic (exact) mass is 308 g/mol. The molecule has 1 aromatic heterocycles. The lowest BCUT2D eigenvalue weighted by molar-refractivity contribution is 0.415. The predicted molar refractivity (Wildman–Crippen MR) is 90.2 cm³/mol. The number of rotatable bonds is 5. The Kier molecular flexibility index (Phi) is 4.39. The second-order valence-corrected chi connectivity index (χ2v) is 5.46. The Morgan fingerprint density at radius 3 is 2.35 bits per heavy atom. The third-order valence-corrected chi connectivity index (χ3v) is 3.81. The van der Waals surface area contributed by atoms with Crippen molar-refractivity contribution < 1.29 is 4.74 Å². The Hall–Kier alpha value is -2.66. The van der Waals surface area contributed by atoms with Crippen molar-refractivity contribution in [3.8, 4) is 17.0 Å². The van der Waals surface area contributed by atoms with Crippen LogP contribution in [0.3, 0.4) is 0 Å². The molecule has 118 valence electrons. The summed E-state index contributed by atoms with van der Waals surface area (Å²) in [6.45, 7) is 3.10. The minimum Gasteiger partial charge on any atom is -0.497 e. The standard InChI is InChI=1S/C18H20N4O/c1-13-3-5-14(6-4-13)12-22-18(17(11-19)20-21-22)15-7-9-16(23-2)10-8-15/h3-10H,11-12,19H2,1-2H3. The molecule has 0 saturated heterocycles. The van der Waals surface area contributed by atoms with Crippen molar-refractivity contribution in [2.75, 3.05) is 7.11 Å². The van der Waals surface area contributed by atoms with Crippen molar-refractivity contribution in [1.29, 1.82) is 0 Å². The van der Waals surface area contributed by atoms with Crippen LogP contribution in [0.25, 0.3) is 11.3 Å². The largest absolute Gasteiger partial charge is 0.497 e. The Bertz CT molecular complexity index is 776. The molecular formula is C18H20N4O. The van der Waals surface area contributed by atoms with Gasteiger partial charge in [-0.2, -0.15) is 0 Å². The zero-order valence-electron chi connectivity index (χ0n) is 13.4. The average molecular weight is 308 g/mol. The third kappa shape index (κ3) is 3.24. The number of methoxy groups -OCH3 is 1. The van der Waals surface area contributed by atoms with Crippen LogP contribution in [0, 0.1) is 6.92 Å². The van der Waals surface area contributed by atoms with E-state index in [2.05, 4.69) is 41.5 Å². The minimum atomic E-state index is 0.356. The zero-order chi connectivity index (χ0) is 16.2. The Labute approximate surface area is 135 Å². The van der Waals surface area contributed by atoms with E-state index < -0.39 is 0 Å². The Morgan fingerprint density at radius 1 is 1.04 bits per heavy atom. The van der Waals surface area contributed by atoms with E-state index in [1.165, 1.54) is 11.1 Å². The molecule has 2 aromatic carbocycles. The van der Waals surface area contributed by atoms with Crippen molar-refractivity contribution in [2.24, 2.45) is 5.73 Å². The number of hydrogen-bond acceptors (Lipinski definition) is 4. The first kappa shape index (κ1) is 15.2. The van der Waals surface area contributed by atoms with E-state index >= 15 is 0 Å². The van der Waals surface area contributed by atoms with Gasteiger partial charge in [0, 0.05) is 12.1 Å². The van der Waals surface area contributed by atoms with Crippen LogP contribution in [-0.4, -0.2) is 22.1 Å². The molecule has 0 aliphatic heterocycles. The highest BCUT2D eigenvalue weighted by atomic mass is 16.5. The van der Waals surface area contributed by atoms with E-state index in [0.717, 1.165) is 22.7 Å². The van der Waals surface area contributed by atoms with Gasteiger partial charge in [-0.05, 0) is 36.8 Å². The van der Waals surface area contributed by atoms with Gasteiger partial charge in [0.2, 0.25) is 0 Å². The molecule has 0 saturated carbocycles. The fourth-order valence-corrected chi connectivity index (χ4v) is 2.53. The van der Waals surface area contributed by atoms with Gasteiger partial charge in [-0.3, -0.25) is 0 Å². The van der Waals surface area contributed by atoms with Crippen LogP contribution >= 0.6 is 0 Å². The maximum absolute atomic E-state index is 5.83. The fourth-order valence-electron chi connectivity index (χ4n) is 2.53. The third-order valence-electron chi connectivity index (χ3n) is 3.81. The maximum Gasteiger partial charge on any atom is 0.118 e. The van der Waals surface area contributed by atoms with Gasteiger partial charge in [-0.25, -0.2) is 4.68 Å². The van der Waals surface area contributed by atoms with E-state index in [-0.39, 0.29) is 0 Å². The molecule has 5 heteroatoms. The minimum absolute atomic E-state index is 0.356. The summed E-state index contributed by atoms with van der Waals surface area (Å²) in [6.07, 6.45) is 0. The van der Waals surface area contributed by atoms with Crippen molar-refractivity contribution in [2.45, 2.75) is 20.0 Å². The number of nitrogens with two attached hydrogens (primary N) is 1. The fraction of sp³-hybridized carbons (Fsp3) is 0.222. The number of nitrogens with zero attached hydrogens (tertiary/aromatic N) is 3. The van der Waals surface area contributed by atoms with Crippen molar-refractivity contribution >= 4 is 0 Å². The predicted octanol–water partition coefficient (Wildman–Crippen LogP) is 2.77. The smallest absolute Gasteiger partial charge is 0.118 e. The quantitative estimate of drug-likeness (QED) is 0.787. The summed E-state index contributed by atoms with van der Waals surface area (Å²) in [5, 5.41) is 8.50. The van der Waals surface area contributed by atoms with Crippen LogP contribution in [0.4, 0.5) is 0 Å². The zero-order valence-corrected chi connectivity index (χ0v) is 13.4. The molecule has 1 heterocycles. The molecule has 0 spiro atoms. The lowest BCUT2D eigenvalue weighted by atomic mass is 10.1. The van der Waals surface area contributed by atoms with E-state index in [1.54, 1.807) is 7.11 Å². The van der Waals surface area contributed by atoms with Crippen LogP contribution in [-0.2, 0) is 13.1 Å². The van der Waals surface area contributed by atoms with Crippen LogP contribution in [0.15, 0.2) is 48.5 Å². The molecule has 2 N–H and O–H groups in total. The van der Waals surface area contributed by atoms with E-state index in [1.807, 2.05) is 28.9 Å². The molecule has 3 aromatic rings. The SMILES string of the molecule is COc1ccc(-c2c(CN)nnn2Cc2ccc(C)cc2)cc1. The summed E-state index contributed by atoms with van der Waals surface area (Å²) in [7, 11) is 1.66. The number of aryl methyl sites for hydroxylation is 1. The van der Waals surface area contributed by atoms with E-state index in [0.29, 0.717) is 13.1 Å². The first-order valence-electron chi connectivity index (χ1n) is 7.53. The molecule has 0 amide bonds. The van der Waals surface area contributed by atoms with Gasteiger partial charge >= 0.3 is 0 Å². The molecule has 0 unspecified atom stereocenters. The summed E-state index contributed by atoms with van der Waals surface area (Å²) >= 11 is 0. The second-order valence-electron chi connectivity index (χ2n) is 5.46. The molecular weight excluding hydrogens is 288 g/mol. The molecule has 0 radical (unpaired) electrons. The number of hydrogen-bond donors (Lipinski definition) is 1. The molecule has 0 bridgehead atoms. The topological polar surface area (TPSA) is 66.0 Å². The summed E-state index contributed by atoms with van der Waals surface area (Å²) in [5.74, 6) is 0.820. The van der Waals surface area contributed by atoms with Crippen LogP contribution < -0.4 is 10.5 Å². The van der Waals surface area contributed by atoms with Gasteiger partial charge in [0.1, 0.15) is 11.4 Å². The molecule has 0 aliphatic rings. The molecule has 0 fully saturated rings. The maximum atomic E-state index is 5.83. The lowest BCUT2D eigenvalue weighted by Gasteiger charge is -2.09. The summed E-state index contributed by atoms with van der Waals surface area (Å²) in [4.78, 5) is 0. The first-order chi connectivity index (χ1) is 11.2. The average Bonchev–Trinajstić information content (AvgIpc) is 2.99. The van der Waals surface area contributed by atoms with Gasteiger partial charge in [-0.15, -0.1) is 5.10 Å². The highest BCUT2D eigenvalue weighted by Crippen LogP contribution is 2.25. The van der Waals surface area contributed by atoms with Crippen molar-refractivity contribution in [3.63, 3.8) is 0 Å². The second kappa shape index (κ2) is 6.62. The highest BCUT2D eigenvalue weighted by molar-refractivity contribution is 5.63. The Morgan fingerprint density at radius 2 is 1.74 bits per heavy atom. The first-order valence-corrected chi connectivity index (χ1v) is 7.53. The summed E-state index contributed by atoms with van der Waals surface area (Å²) in [5.41, 5.74) is 11.0. The van der Waals surface area contributed by atoms with Gasteiger partial charge < -0.3 is 10.5 Å². The van der Waals surface area contributed by atoms with Gasteiger partial charge in [0.05, 0.1) is 19.3 Å². The lowest BCUT2D eigenvalue weighted by Crippen LogP contribution is -2.05. The molecule has 0 aliphatic carbocycles.